The molecule has 0 radical (unpaired) electrons. The Bertz CT molecular complexity index is 671. The maximum absolute atomic E-state index is 12.7. The number of carbonyl (C=O) groups excluding carboxylic acids is 2. The van der Waals surface area contributed by atoms with Crippen LogP contribution in [0.3, 0.4) is 0 Å². The van der Waals surface area contributed by atoms with Crippen LogP contribution in [-0.2, 0) is 19.1 Å². The maximum Gasteiger partial charge on any atom is 0.306 e. The van der Waals surface area contributed by atoms with Gasteiger partial charge in [0.15, 0.2) is 0 Å². The van der Waals surface area contributed by atoms with Crippen LogP contribution in [0.25, 0.3) is 0 Å². The fourth-order valence-corrected chi connectivity index (χ4v) is 6.70. The summed E-state index contributed by atoms with van der Waals surface area (Å²) in [6, 6.07) is 0. The number of esters is 2. The summed E-state index contributed by atoms with van der Waals surface area (Å²) in [6.45, 7) is 10.2. The Morgan fingerprint density at radius 3 is 1.35 bits per heavy atom. The zero-order valence-corrected chi connectivity index (χ0v) is 33.3. The SMILES string of the molecule is CCCCCCCCCCCOC(=O)CCCCCCN(CCO)CCCCCC(=O)OC(CCCCCCCC)CCCCCCCC. The minimum Gasteiger partial charge on any atom is -0.466 e. The summed E-state index contributed by atoms with van der Waals surface area (Å²) in [4.78, 5) is 27.1. The molecule has 0 unspecified atom stereocenters. The van der Waals surface area contributed by atoms with Gasteiger partial charge < -0.3 is 19.5 Å². The minimum absolute atomic E-state index is 0.0124. The molecule has 0 heterocycles. The maximum atomic E-state index is 12.7. The lowest BCUT2D eigenvalue weighted by Gasteiger charge is -2.21. The summed E-state index contributed by atoms with van der Waals surface area (Å²) < 4.78 is 11.4. The number of unbranched alkanes of at least 4 members (excludes halogenated alkanes) is 23. The fourth-order valence-electron chi connectivity index (χ4n) is 6.70. The standard InChI is InChI=1S/C43H85NO5/c1-4-7-10-13-16-17-18-23-31-40-48-42(46)34-27-21-22-29-36-44(38-39-45)37-30-24-28-35-43(47)49-41(32-25-19-14-11-8-5-2)33-26-20-15-12-9-6-3/h41,45H,4-40H2,1-3H3. The molecular weight excluding hydrogens is 610 g/mol. The molecule has 0 amide bonds. The van der Waals surface area contributed by atoms with Gasteiger partial charge in [-0.1, -0.05) is 156 Å². The van der Waals surface area contributed by atoms with E-state index in [1.807, 2.05) is 0 Å². The van der Waals surface area contributed by atoms with E-state index in [1.54, 1.807) is 0 Å². The molecule has 6 heteroatoms. The van der Waals surface area contributed by atoms with Gasteiger partial charge in [-0.25, -0.2) is 0 Å². The van der Waals surface area contributed by atoms with Crippen molar-refractivity contribution in [2.24, 2.45) is 0 Å². The lowest BCUT2D eigenvalue weighted by molar-refractivity contribution is -0.150. The second-order valence-corrected chi connectivity index (χ2v) is 14.8. The lowest BCUT2D eigenvalue weighted by atomic mass is 10.0. The van der Waals surface area contributed by atoms with Gasteiger partial charge in [0.2, 0.25) is 0 Å². The van der Waals surface area contributed by atoms with Gasteiger partial charge in [-0.05, 0) is 70.9 Å². The van der Waals surface area contributed by atoms with E-state index in [2.05, 4.69) is 25.7 Å². The van der Waals surface area contributed by atoms with E-state index in [4.69, 9.17) is 9.47 Å². The highest BCUT2D eigenvalue weighted by atomic mass is 16.5. The fraction of sp³-hybridized carbons (Fsp3) is 0.953. The van der Waals surface area contributed by atoms with Gasteiger partial charge in [-0.15, -0.1) is 0 Å². The Kier molecular flexibility index (Phi) is 38.7. The van der Waals surface area contributed by atoms with Gasteiger partial charge >= 0.3 is 11.9 Å². The number of hydrogen-bond donors (Lipinski definition) is 1. The summed E-state index contributed by atoms with van der Waals surface area (Å²) >= 11 is 0. The van der Waals surface area contributed by atoms with Crippen molar-refractivity contribution in [3.05, 3.63) is 0 Å². The molecule has 1 N–H and O–H groups in total. The van der Waals surface area contributed by atoms with Gasteiger partial charge in [0.05, 0.1) is 13.2 Å². The Morgan fingerprint density at radius 1 is 0.469 bits per heavy atom. The lowest BCUT2D eigenvalue weighted by Crippen LogP contribution is -2.29. The number of ether oxygens (including phenoxy) is 2. The summed E-state index contributed by atoms with van der Waals surface area (Å²) in [5, 5.41) is 9.55. The third-order valence-electron chi connectivity index (χ3n) is 9.95. The predicted octanol–water partition coefficient (Wildman–Crippen LogP) is 12.3. The highest BCUT2D eigenvalue weighted by Crippen LogP contribution is 2.18. The Hall–Kier alpha value is -1.14. The number of aliphatic hydroxyl groups is 1. The molecule has 0 aliphatic heterocycles. The molecule has 0 fully saturated rings. The molecule has 49 heavy (non-hydrogen) atoms. The molecule has 0 aromatic heterocycles. The largest absolute Gasteiger partial charge is 0.466 e. The molecule has 292 valence electrons. The summed E-state index contributed by atoms with van der Waals surface area (Å²) in [5.74, 6) is -0.0574. The molecule has 0 aliphatic carbocycles. The van der Waals surface area contributed by atoms with Crippen molar-refractivity contribution >= 4 is 11.9 Å². The van der Waals surface area contributed by atoms with E-state index in [1.165, 1.54) is 122 Å². The molecule has 0 aliphatic rings. The van der Waals surface area contributed by atoms with Gasteiger partial charge in [0.25, 0.3) is 0 Å². The first-order valence-electron chi connectivity index (χ1n) is 21.8. The third-order valence-corrected chi connectivity index (χ3v) is 9.95. The Morgan fingerprint density at radius 2 is 0.857 bits per heavy atom. The van der Waals surface area contributed by atoms with Crippen LogP contribution in [0.2, 0.25) is 0 Å². The molecular formula is C43H85NO5. The van der Waals surface area contributed by atoms with Crippen molar-refractivity contribution in [3.63, 3.8) is 0 Å². The van der Waals surface area contributed by atoms with Crippen LogP contribution in [0.4, 0.5) is 0 Å². The average molecular weight is 696 g/mol. The van der Waals surface area contributed by atoms with E-state index in [-0.39, 0.29) is 24.6 Å². The molecule has 0 saturated heterocycles. The zero-order chi connectivity index (χ0) is 35.9. The molecule has 0 spiro atoms. The van der Waals surface area contributed by atoms with Crippen molar-refractivity contribution in [2.45, 2.75) is 232 Å². The first-order chi connectivity index (χ1) is 24.1. The number of rotatable bonds is 40. The van der Waals surface area contributed by atoms with Crippen LogP contribution in [0.15, 0.2) is 0 Å². The smallest absolute Gasteiger partial charge is 0.306 e. The second kappa shape index (κ2) is 39.6. The minimum atomic E-state index is -0.0449. The second-order valence-electron chi connectivity index (χ2n) is 14.8. The quantitative estimate of drug-likeness (QED) is 0.0508. The van der Waals surface area contributed by atoms with Crippen LogP contribution < -0.4 is 0 Å². The van der Waals surface area contributed by atoms with Gasteiger partial charge in [-0.2, -0.15) is 0 Å². The summed E-state index contributed by atoms with van der Waals surface area (Å²) in [6.07, 6.45) is 37.0. The molecule has 0 aromatic rings. The summed E-state index contributed by atoms with van der Waals surface area (Å²) in [7, 11) is 0. The van der Waals surface area contributed by atoms with Gasteiger partial charge in [0.1, 0.15) is 6.10 Å². The van der Waals surface area contributed by atoms with Crippen molar-refractivity contribution in [2.75, 3.05) is 32.8 Å². The van der Waals surface area contributed by atoms with Gasteiger partial charge in [-0.3, -0.25) is 9.59 Å². The third kappa shape index (κ3) is 36.5. The van der Waals surface area contributed by atoms with Crippen LogP contribution in [0.5, 0.6) is 0 Å². The van der Waals surface area contributed by atoms with Crippen LogP contribution in [-0.4, -0.2) is 60.9 Å². The van der Waals surface area contributed by atoms with Gasteiger partial charge in [0, 0.05) is 19.4 Å². The molecule has 6 nitrogen and oxygen atoms in total. The van der Waals surface area contributed by atoms with Crippen molar-refractivity contribution in [1.82, 2.24) is 4.90 Å². The van der Waals surface area contributed by atoms with Crippen molar-refractivity contribution in [1.29, 1.82) is 0 Å². The number of nitrogens with zero attached hydrogens (tertiary/aromatic N) is 1. The van der Waals surface area contributed by atoms with E-state index in [9.17, 15) is 14.7 Å². The molecule has 0 rings (SSSR count). The highest BCUT2D eigenvalue weighted by Gasteiger charge is 2.14. The molecule has 0 bridgehead atoms. The normalized spacial score (nSPS) is 11.6. The van der Waals surface area contributed by atoms with Crippen LogP contribution in [0, 0.1) is 0 Å². The molecule has 0 aromatic carbocycles. The Labute approximate surface area is 305 Å². The van der Waals surface area contributed by atoms with Crippen LogP contribution in [0.1, 0.15) is 226 Å². The first kappa shape index (κ1) is 47.9. The molecule has 0 saturated carbocycles. The molecule has 0 atom stereocenters. The Balaban J connectivity index is 4.00. The topological polar surface area (TPSA) is 76.1 Å². The van der Waals surface area contributed by atoms with E-state index in [0.29, 0.717) is 26.0 Å². The van der Waals surface area contributed by atoms with E-state index >= 15 is 0 Å². The van der Waals surface area contributed by atoms with E-state index < -0.39 is 0 Å². The zero-order valence-electron chi connectivity index (χ0n) is 33.3. The predicted molar refractivity (Wildman–Crippen MR) is 209 cm³/mol. The monoisotopic (exact) mass is 696 g/mol. The van der Waals surface area contributed by atoms with Crippen molar-refractivity contribution < 1.29 is 24.2 Å². The first-order valence-corrected chi connectivity index (χ1v) is 21.8. The number of aliphatic hydroxyl groups excluding tert-OH is 1. The van der Waals surface area contributed by atoms with Crippen molar-refractivity contribution in [3.8, 4) is 0 Å². The average Bonchev–Trinajstić information content (AvgIpc) is 3.09. The van der Waals surface area contributed by atoms with E-state index in [0.717, 1.165) is 83.7 Å². The number of hydrogen-bond acceptors (Lipinski definition) is 6. The summed E-state index contributed by atoms with van der Waals surface area (Å²) in [5.41, 5.74) is 0. The highest BCUT2D eigenvalue weighted by molar-refractivity contribution is 5.69. The van der Waals surface area contributed by atoms with Crippen LogP contribution >= 0.6 is 0 Å². The number of carbonyl (C=O) groups is 2.